The molecule has 18 heteroatoms. The Morgan fingerprint density at radius 1 is 0.659 bits per heavy atom. The van der Waals surface area contributed by atoms with Crippen LogP contribution in [0.2, 0.25) is 0 Å². The van der Waals surface area contributed by atoms with E-state index in [1.54, 1.807) is 0 Å². The normalized spacial score (nSPS) is 33.0. The van der Waals surface area contributed by atoms with E-state index in [-0.39, 0.29) is 21.5 Å². The highest BCUT2D eigenvalue weighted by Crippen LogP contribution is 2.45. The molecule has 4 heterocycles. The summed E-state index contributed by atoms with van der Waals surface area (Å²) in [5, 5.41) is 101. The minimum absolute atomic E-state index is 0.152. The number of hydrogen-bond acceptors (Lipinski definition) is 18. The predicted molar refractivity (Wildman–Crippen MR) is 139 cm³/mol. The molecule has 10 atom stereocenters. The summed E-state index contributed by atoms with van der Waals surface area (Å²) < 4.78 is 32.1. The smallest absolute Gasteiger partial charge is 0.344 e. The Labute approximate surface area is 242 Å². The molecule has 0 aliphatic carbocycles. The van der Waals surface area contributed by atoms with Crippen molar-refractivity contribution >= 4 is 32.7 Å². The van der Waals surface area contributed by atoms with E-state index in [1.807, 2.05) is 0 Å². The molecule has 2 aliphatic heterocycles. The lowest BCUT2D eigenvalue weighted by Gasteiger charge is -2.45. The van der Waals surface area contributed by atoms with Crippen LogP contribution < -0.4 is 16.0 Å². The molecule has 238 valence electrons. The standard InChI is InChI=1S/C26H26O18/c27-3-9-14(31)16(33)18(35)26(40-9)44-20-10(4-28)41-25(19(36)17(20)34)39-8-2-6-12-11-5(23(37)43-22(12)15(8)32)1-7(29)13(30)21(11)42-24(6)38/h1-2,9-10,14,16-20,25-36H,3-4H2/t9-,10-,14-,16+,17-,18-,19-,20?,25?,26-/m1/s1. The summed E-state index contributed by atoms with van der Waals surface area (Å²) in [6.07, 6.45) is -17.5. The van der Waals surface area contributed by atoms with Crippen molar-refractivity contribution in [2.75, 3.05) is 13.2 Å². The zero-order valence-electron chi connectivity index (χ0n) is 22.1. The predicted octanol–water partition coefficient (Wildman–Crippen LogP) is -3.39. The van der Waals surface area contributed by atoms with Gasteiger partial charge in [-0.1, -0.05) is 0 Å². The van der Waals surface area contributed by atoms with E-state index in [4.69, 9.17) is 27.8 Å². The summed E-state index contributed by atoms with van der Waals surface area (Å²) in [5.41, 5.74) is -3.35. The molecule has 2 fully saturated rings. The van der Waals surface area contributed by atoms with Crippen LogP contribution in [-0.2, 0) is 14.2 Å². The van der Waals surface area contributed by atoms with Crippen LogP contribution >= 0.6 is 0 Å². The molecule has 18 nitrogen and oxygen atoms in total. The molecular weight excluding hydrogens is 600 g/mol. The second kappa shape index (κ2) is 11.0. The van der Waals surface area contributed by atoms with Crippen LogP contribution in [0.1, 0.15) is 0 Å². The number of ether oxygens (including phenoxy) is 4. The van der Waals surface area contributed by atoms with Gasteiger partial charge in [0, 0.05) is 10.8 Å². The molecule has 0 radical (unpaired) electrons. The van der Waals surface area contributed by atoms with Crippen LogP contribution in [-0.4, -0.2) is 126 Å². The number of hydrogen-bond donors (Lipinski definition) is 10. The van der Waals surface area contributed by atoms with Crippen molar-refractivity contribution in [2.24, 2.45) is 0 Å². The fourth-order valence-electron chi connectivity index (χ4n) is 5.44. The van der Waals surface area contributed by atoms with Crippen LogP contribution in [0.15, 0.2) is 30.6 Å². The first-order chi connectivity index (χ1) is 20.9. The lowest BCUT2D eigenvalue weighted by Crippen LogP contribution is -2.65. The fourth-order valence-corrected chi connectivity index (χ4v) is 5.44. The molecule has 2 unspecified atom stereocenters. The van der Waals surface area contributed by atoms with Crippen molar-refractivity contribution in [3.05, 3.63) is 33.0 Å². The maximum atomic E-state index is 12.9. The van der Waals surface area contributed by atoms with E-state index >= 15 is 0 Å². The van der Waals surface area contributed by atoms with Crippen LogP contribution in [0.3, 0.4) is 0 Å². The number of phenols is 3. The SMILES string of the molecule is O=c1oc2c(O)c(OC3O[C@H](CO)C(O[C@H]4O[C@H](CO)[C@@H](O)[C@H](O)[C@H]4O)[C@H](O)[C@H]3O)cc3c(=O)oc4c(O)c(O)cc1c4c23. The average Bonchev–Trinajstić information content (AvgIpc) is 3.00. The third-order valence-corrected chi connectivity index (χ3v) is 7.74. The number of aliphatic hydroxyl groups is 7. The molecule has 2 aromatic carbocycles. The van der Waals surface area contributed by atoms with Gasteiger partial charge < -0.3 is 78.8 Å². The van der Waals surface area contributed by atoms with Gasteiger partial charge in [0.15, 0.2) is 29.0 Å². The second-order valence-corrected chi connectivity index (χ2v) is 10.4. The summed E-state index contributed by atoms with van der Waals surface area (Å²) in [6.45, 7) is -1.66. The van der Waals surface area contributed by atoms with Crippen molar-refractivity contribution in [3.63, 3.8) is 0 Å². The third-order valence-electron chi connectivity index (χ3n) is 7.74. The maximum Gasteiger partial charge on any atom is 0.344 e. The van der Waals surface area contributed by atoms with E-state index in [9.17, 15) is 60.7 Å². The van der Waals surface area contributed by atoms with E-state index < -0.39 is 120 Å². The first kappa shape index (κ1) is 30.2. The summed E-state index contributed by atoms with van der Waals surface area (Å²) in [5.74, 6) is -3.10. The number of benzene rings is 2. The van der Waals surface area contributed by atoms with Crippen molar-refractivity contribution in [1.82, 2.24) is 0 Å². The minimum atomic E-state index is -2.01. The Balaban J connectivity index is 1.33. The highest BCUT2D eigenvalue weighted by molar-refractivity contribution is 6.22. The summed E-state index contributed by atoms with van der Waals surface area (Å²) >= 11 is 0. The van der Waals surface area contributed by atoms with Crippen LogP contribution in [0, 0.1) is 0 Å². The van der Waals surface area contributed by atoms with Crippen molar-refractivity contribution in [1.29, 1.82) is 0 Å². The van der Waals surface area contributed by atoms with Gasteiger partial charge in [0.25, 0.3) is 0 Å². The van der Waals surface area contributed by atoms with E-state index in [0.717, 1.165) is 12.1 Å². The molecule has 2 aromatic heterocycles. The summed E-state index contributed by atoms with van der Waals surface area (Å²) in [7, 11) is 0. The van der Waals surface area contributed by atoms with Crippen LogP contribution in [0.25, 0.3) is 32.7 Å². The maximum absolute atomic E-state index is 12.9. The second-order valence-electron chi connectivity index (χ2n) is 10.4. The molecule has 0 bridgehead atoms. The third kappa shape index (κ3) is 4.51. The molecule has 0 saturated carbocycles. The Morgan fingerprint density at radius 2 is 1.20 bits per heavy atom. The Bertz CT molecular complexity index is 1810. The van der Waals surface area contributed by atoms with Gasteiger partial charge in [-0.2, -0.15) is 0 Å². The monoisotopic (exact) mass is 626 g/mol. The minimum Gasteiger partial charge on any atom is -0.504 e. The van der Waals surface area contributed by atoms with E-state index in [2.05, 4.69) is 0 Å². The Morgan fingerprint density at radius 3 is 1.82 bits per heavy atom. The van der Waals surface area contributed by atoms with Crippen LogP contribution in [0.5, 0.6) is 23.0 Å². The van der Waals surface area contributed by atoms with Crippen molar-refractivity contribution in [3.8, 4) is 23.0 Å². The highest BCUT2D eigenvalue weighted by atomic mass is 16.7. The van der Waals surface area contributed by atoms with Crippen LogP contribution in [0.4, 0.5) is 0 Å². The highest BCUT2D eigenvalue weighted by Gasteiger charge is 2.51. The Kier molecular flexibility index (Phi) is 7.53. The molecule has 44 heavy (non-hydrogen) atoms. The molecule has 6 rings (SSSR count). The van der Waals surface area contributed by atoms with Gasteiger partial charge in [-0.25, -0.2) is 9.59 Å². The molecule has 4 aromatic rings. The van der Waals surface area contributed by atoms with Gasteiger partial charge in [-0.15, -0.1) is 0 Å². The average molecular weight is 626 g/mol. The molecule has 2 saturated heterocycles. The van der Waals surface area contributed by atoms with E-state index in [1.165, 1.54) is 0 Å². The number of aliphatic hydroxyl groups excluding tert-OH is 7. The van der Waals surface area contributed by atoms with Crippen molar-refractivity contribution in [2.45, 2.75) is 61.4 Å². The zero-order chi connectivity index (χ0) is 31.8. The Hall–Kier alpha value is -3.82. The molecule has 10 N–H and O–H groups in total. The van der Waals surface area contributed by atoms with Crippen molar-refractivity contribution < 1.29 is 78.8 Å². The zero-order valence-corrected chi connectivity index (χ0v) is 22.1. The molecular formula is C26H26O18. The lowest BCUT2D eigenvalue weighted by molar-refractivity contribution is -0.352. The molecule has 0 spiro atoms. The number of phenolic OH excluding ortho intramolecular Hbond substituents is 3. The lowest BCUT2D eigenvalue weighted by atomic mass is 9.97. The number of rotatable bonds is 6. The first-order valence-electron chi connectivity index (χ1n) is 13.1. The van der Waals surface area contributed by atoms with Gasteiger partial charge in [0.1, 0.15) is 48.8 Å². The van der Waals surface area contributed by atoms with E-state index in [0.29, 0.717) is 0 Å². The molecule has 0 amide bonds. The van der Waals surface area contributed by atoms with Gasteiger partial charge in [-0.05, 0) is 12.1 Å². The quantitative estimate of drug-likeness (QED) is 0.0567. The van der Waals surface area contributed by atoms with Gasteiger partial charge in [0.05, 0.1) is 24.0 Å². The summed E-state index contributed by atoms with van der Waals surface area (Å²) in [6, 6.07) is 1.83. The largest absolute Gasteiger partial charge is 0.504 e. The topological polar surface area (TPSA) is 300 Å². The summed E-state index contributed by atoms with van der Waals surface area (Å²) in [4.78, 5) is 25.5. The molecule has 2 aliphatic rings. The van der Waals surface area contributed by atoms with Gasteiger partial charge in [0.2, 0.25) is 17.8 Å². The number of aromatic hydroxyl groups is 3. The fraction of sp³-hybridized carbons (Fsp3) is 0.462. The van der Waals surface area contributed by atoms with Gasteiger partial charge >= 0.3 is 11.3 Å². The first-order valence-corrected chi connectivity index (χ1v) is 13.1. The van der Waals surface area contributed by atoms with Gasteiger partial charge in [-0.3, -0.25) is 0 Å².